The Morgan fingerprint density at radius 1 is 0.642 bits per heavy atom. The number of hydrogen-bond donors (Lipinski definition) is 0. The van der Waals surface area contributed by atoms with E-state index in [1.807, 2.05) is 120 Å². The van der Waals surface area contributed by atoms with Gasteiger partial charge in [-0.25, -0.2) is 0 Å². The number of allylic oxidation sites excluding steroid dienone is 6. The first kappa shape index (κ1) is 40.5. The van der Waals surface area contributed by atoms with Crippen molar-refractivity contribution in [2.75, 3.05) is 9.80 Å². The van der Waals surface area contributed by atoms with Crippen LogP contribution in [0.25, 0.3) is 49.3 Å². The van der Waals surface area contributed by atoms with E-state index in [-0.39, 0.29) is 17.8 Å². The molecule has 0 spiro atoms. The molecule has 0 saturated heterocycles. The van der Waals surface area contributed by atoms with Crippen molar-refractivity contribution in [1.82, 2.24) is 4.57 Å². The second-order valence-corrected chi connectivity index (χ2v) is 18.3. The van der Waals surface area contributed by atoms with E-state index in [1.54, 1.807) is 0 Å². The van der Waals surface area contributed by atoms with Crippen LogP contribution in [0.2, 0.25) is 0 Å². The molecule has 7 aromatic carbocycles. The highest BCUT2D eigenvalue weighted by Crippen LogP contribution is 2.49. The molecule has 2 unspecified atom stereocenters. The fourth-order valence-corrected chi connectivity index (χ4v) is 10.3. The molecule has 3 aliphatic rings. The van der Waals surface area contributed by atoms with Gasteiger partial charge in [0.05, 0.1) is 17.2 Å². The fraction of sp³-hybridized carbons (Fsp3) is 0.0909. The highest BCUT2D eigenvalue weighted by Gasteiger charge is 2.49. The van der Waals surface area contributed by atoms with Crippen molar-refractivity contribution in [2.24, 2.45) is 0 Å². The van der Waals surface area contributed by atoms with Crippen molar-refractivity contribution in [1.29, 1.82) is 0 Å². The summed E-state index contributed by atoms with van der Waals surface area (Å²) in [4.78, 5) is 3.98. The highest BCUT2D eigenvalue weighted by atomic mass is 32.2. The highest BCUT2D eigenvalue weighted by molar-refractivity contribution is 7.88. The smallest absolute Gasteiger partial charge is 0.485 e. The number of anilines is 5. The number of para-hydroxylation sites is 4. The molecule has 0 fully saturated rings. The Morgan fingerprint density at radius 3 is 2.12 bits per heavy atom. The Morgan fingerprint density at radius 2 is 1.34 bits per heavy atom. The molecule has 8 nitrogen and oxygen atoms in total. The molecule has 3 heterocycles. The van der Waals surface area contributed by atoms with Crippen molar-refractivity contribution >= 4 is 87.9 Å². The first-order valence-corrected chi connectivity index (χ1v) is 23.2. The topological polar surface area (TPSA) is 77.2 Å². The van der Waals surface area contributed by atoms with Crippen LogP contribution in [-0.4, -0.2) is 24.6 Å². The molecule has 2 atom stereocenters. The molecular formula is C55H38F3N3O5S. The van der Waals surface area contributed by atoms with Crippen LogP contribution >= 0.6 is 0 Å². The Balaban J connectivity index is 1.06. The van der Waals surface area contributed by atoms with E-state index in [0.717, 1.165) is 67.9 Å². The largest absolute Gasteiger partial charge is 0.534 e. The molecule has 0 radical (unpaired) electrons. The van der Waals surface area contributed by atoms with Crippen molar-refractivity contribution in [2.45, 2.75) is 30.5 Å². The molecule has 0 amide bonds. The second-order valence-electron chi connectivity index (χ2n) is 16.7. The summed E-state index contributed by atoms with van der Waals surface area (Å²) in [5.74, 6) is 0.226. The number of rotatable bonds is 9. The van der Waals surface area contributed by atoms with E-state index >= 15 is 0 Å². The minimum atomic E-state index is -6.07. The van der Waals surface area contributed by atoms with Crippen LogP contribution in [0.15, 0.2) is 204 Å². The first-order chi connectivity index (χ1) is 32.6. The molecule has 0 N–H and O–H groups in total. The molecule has 67 heavy (non-hydrogen) atoms. The standard InChI is InChI=1S/C55H38F3N3O5S/c56-55(57,58)67(62,63)66-41-33-47-46-30-38(59(35-14-4-1-5-15-35)39-24-27-43-42-20-10-12-22-48(42)61(49(43)31-39)37-18-8-3-9-19-37)26-29-52(46)65-54(47)50(34-41)60(36-16-6-2-7-17-36)40-25-28-45-44-21-11-13-23-51(44)64-53(45)32-40/h1-18,20-31,33-34,37,53H,19,32H2. The molecule has 12 rings (SSSR count). The summed E-state index contributed by atoms with van der Waals surface area (Å²) in [6.07, 6.45) is 13.4. The number of ether oxygens (including phenoxy) is 1. The molecule has 2 aromatic heterocycles. The zero-order valence-corrected chi connectivity index (χ0v) is 36.3. The lowest BCUT2D eigenvalue weighted by molar-refractivity contribution is -0.0500. The molecule has 1 aliphatic heterocycles. The Labute approximate surface area is 383 Å². The van der Waals surface area contributed by atoms with Gasteiger partial charge in [0.15, 0.2) is 5.58 Å². The van der Waals surface area contributed by atoms with Gasteiger partial charge >= 0.3 is 15.6 Å². The summed E-state index contributed by atoms with van der Waals surface area (Å²) >= 11 is 0. The maximum atomic E-state index is 14.0. The second kappa shape index (κ2) is 15.6. The van der Waals surface area contributed by atoms with E-state index < -0.39 is 21.4 Å². The van der Waals surface area contributed by atoms with Crippen LogP contribution < -0.4 is 18.7 Å². The Kier molecular flexibility index (Phi) is 9.44. The van der Waals surface area contributed by atoms with E-state index in [1.165, 1.54) is 12.1 Å². The van der Waals surface area contributed by atoms with E-state index in [9.17, 15) is 21.6 Å². The quantitative estimate of drug-likeness (QED) is 0.105. The predicted molar refractivity (Wildman–Crippen MR) is 259 cm³/mol. The van der Waals surface area contributed by atoms with Gasteiger partial charge in [-0.1, -0.05) is 109 Å². The van der Waals surface area contributed by atoms with Gasteiger partial charge in [0.1, 0.15) is 23.2 Å². The lowest BCUT2D eigenvalue weighted by atomic mass is 9.94. The van der Waals surface area contributed by atoms with E-state index in [4.69, 9.17) is 13.3 Å². The van der Waals surface area contributed by atoms with Gasteiger partial charge in [0.2, 0.25) is 0 Å². The molecule has 0 bridgehead atoms. The summed E-state index contributed by atoms with van der Waals surface area (Å²) in [6, 6.07) is 50.2. The van der Waals surface area contributed by atoms with E-state index in [0.29, 0.717) is 34.0 Å². The van der Waals surface area contributed by atoms with Crippen molar-refractivity contribution in [3.05, 3.63) is 205 Å². The van der Waals surface area contributed by atoms with Crippen molar-refractivity contribution < 1.29 is 34.9 Å². The van der Waals surface area contributed by atoms with Crippen LogP contribution in [0.3, 0.4) is 0 Å². The molecule has 330 valence electrons. The summed E-state index contributed by atoms with van der Waals surface area (Å²) in [5, 5.41) is 3.14. The minimum Gasteiger partial charge on any atom is -0.485 e. The number of halogens is 3. The fourth-order valence-electron chi connectivity index (χ4n) is 9.81. The van der Waals surface area contributed by atoms with E-state index in [2.05, 4.69) is 76.2 Å². The van der Waals surface area contributed by atoms with Crippen LogP contribution in [0.5, 0.6) is 11.5 Å². The molecule has 12 heteroatoms. The monoisotopic (exact) mass is 909 g/mol. The van der Waals surface area contributed by atoms with Crippen molar-refractivity contribution in [3.63, 3.8) is 0 Å². The lowest BCUT2D eigenvalue weighted by Gasteiger charge is -2.31. The third kappa shape index (κ3) is 6.86. The number of nitrogens with zero attached hydrogens (tertiary/aromatic N) is 3. The molecule has 0 saturated carbocycles. The number of furan rings is 1. The molecular weight excluding hydrogens is 872 g/mol. The number of fused-ring (bicyclic) bond motifs is 9. The molecule has 9 aromatic rings. The summed E-state index contributed by atoms with van der Waals surface area (Å²) < 4.78 is 88.1. The van der Waals surface area contributed by atoms with Crippen LogP contribution in [-0.2, 0) is 10.1 Å². The third-order valence-corrected chi connectivity index (χ3v) is 13.7. The predicted octanol–water partition coefficient (Wildman–Crippen LogP) is 14.7. The first-order valence-electron chi connectivity index (χ1n) is 21.8. The normalized spacial score (nSPS) is 16.8. The summed E-state index contributed by atoms with van der Waals surface area (Å²) in [5.41, 5.74) is 3.37. The SMILES string of the molecule is O=S(=O)(Oc1cc(N(C2=CC=C3c4ccccc4OC3C2)c2ccccc2)c2oc3ccc(N(c4ccccc4)c4ccc5c6ccccc6n(C6C=CC=CC6)c5c4)cc3c2c1)C(F)(F)F. The van der Waals surface area contributed by atoms with Gasteiger partial charge in [-0.15, -0.1) is 0 Å². The van der Waals surface area contributed by atoms with Gasteiger partial charge < -0.3 is 27.7 Å². The third-order valence-electron chi connectivity index (χ3n) is 12.7. The number of benzene rings is 7. The average Bonchev–Trinajstić information content (AvgIpc) is 4.01. The van der Waals surface area contributed by atoms with Gasteiger partial charge in [-0.2, -0.15) is 21.6 Å². The Bertz CT molecular complexity index is 3690. The summed E-state index contributed by atoms with van der Waals surface area (Å²) in [7, 11) is -6.07. The van der Waals surface area contributed by atoms with Crippen molar-refractivity contribution in [3.8, 4) is 11.5 Å². The average molecular weight is 910 g/mol. The maximum absolute atomic E-state index is 14.0. The zero-order chi connectivity index (χ0) is 45.4. The maximum Gasteiger partial charge on any atom is 0.534 e. The zero-order valence-electron chi connectivity index (χ0n) is 35.5. The van der Waals surface area contributed by atoms with Crippen LogP contribution in [0, 0.1) is 0 Å². The summed E-state index contributed by atoms with van der Waals surface area (Å²) in [6.45, 7) is 0. The van der Waals surface area contributed by atoms with Crippen LogP contribution in [0.1, 0.15) is 24.4 Å². The van der Waals surface area contributed by atoms with Gasteiger partial charge in [0, 0.05) is 79.1 Å². The minimum absolute atomic E-state index is 0.105. The number of hydrogen-bond acceptors (Lipinski definition) is 7. The number of aromatic nitrogens is 1. The number of alkyl halides is 3. The van der Waals surface area contributed by atoms with Gasteiger partial charge in [-0.3, -0.25) is 0 Å². The van der Waals surface area contributed by atoms with Crippen LogP contribution in [0.4, 0.5) is 41.6 Å². The molecule has 2 aliphatic carbocycles. The lowest BCUT2D eigenvalue weighted by Crippen LogP contribution is -2.28. The van der Waals surface area contributed by atoms with Gasteiger partial charge in [0.25, 0.3) is 0 Å². The van der Waals surface area contributed by atoms with Gasteiger partial charge in [-0.05, 0) is 85.3 Å². The Hall–Kier alpha value is -7.96.